The van der Waals surface area contributed by atoms with Gasteiger partial charge in [-0.25, -0.2) is 4.68 Å². The lowest BCUT2D eigenvalue weighted by molar-refractivity contribution is -0.137. The number of hydrogen-bond donors (Lipinski definition) is 0. The number of hydrogen-bond acceptors (Lipinski definition) is 3. The lowest BCUT2D eigenvalue weighted by Gasteiger charge is -2.31. The van der Waals surface area contributed by atoms with Gasteiger partial charge < -0.3 is 4.90 Å². The Labute approximate surface area is 172 Å². The Morgan fingerprint density at radius 3 is 2.37 bits per heavy atom. The Morgan fingerprint density at radius 1 is 1.00 bits per heavy atom. The van der Waals surface area contributed by atoms with Crippen molar-refractivity contribution in [1.82, 2.24) is 19.9 Å². The van der Waals surface area contributed by atoms with Crippen molar-refractivity contribution in [3.8, 4) is 5.69 Å². The average Bonchev–Trinajstić information content (AvgIpc) is 3.24. The summed E-state index contributed by atoms with van der Waals surface area (Å²) in [7, 11) is 0. The maximum Gasteiger partial charge on any atom is 0.418 e. The molecule has 0 aliphatic carbocycles. The van der Waals surface area contributed by atoms with Gasteiger partial charge >= 0.3 is 6.18 Å². The molecule has 1 fully saturated rings. The van der Waals surface area contributed by atoms with Crippen LogP contribution in [0.2, 0.25) is 0 Å². The van der Waals surface area contributed by atoms with Crippen molar-refractivity contribution in [1.29, 1.82) is 0 Å². The van der Waals surface area contributed by atoms with E-state index in [2.05, 4.69) is 22.4 Å². The van der Waals surface area contributed by atoms with E-state index in [1.807, 2.05) is 18.2 Å². The highest BCUT2D eigenvalue weighted by atomic mass is 19.4. The fourth-order valence-corrected chi connectivity index (χ4v) is 3.84. The third-order valence-corrected chi connectivity index (χ3v) is 5.44. The summed E-state index contributed by atoms with van der Waals surface area (Å²) >= 11 is 0. The minimum absolute atomic E-state index is 0.0495. The molecule has 0 saturated carbocycles. The van der Waals surface area contributed by atoms with Crippen LogP contribution in [0, 0.1) is 5.92 Å². The molecule has 0 unspecified atom stereocenters. The molecule has 0 spiro atoms. The van der Waals surface area contributed by atoms with Gasteiger partial charge in [0.1, 0.15) is 0 Å². The predicted molar refractivity (Wildman–Crippen MR) is 105 cm³/mol. The van der Waals surface area contributed by atoms with Gasteiger partial charge in [-0.3, -0.25) is 4.79 Å². The summed E-state index contributed by atoms with van der Waals surface area (Å²) in [5.74, 6) is 0.203. The van der Waals surface area contributed by atoms with Crippen LogP contribution in [0.4, 0.5) is 13.2 Å². The van der Waals surface area contributed by atoms with Gasteiger partial charge in [0.15, 0.2) is 5.69 Å². The smallest absolute Gasteiger partial charge is 0.337 e. The molecule has 4 rings (SSSR count). The third kappa shape index (κ3) is 4.37. The molecule has 1 amide bonds. The summed E-state index contributed by atoms with van der Waals surface area (Å²) in [6, 6.07) is 15.3. The Hall–Kier alpha value is -3.16. The van der Waals surface area contributed by atoms with E-state index in [0.29, 0.717) is 19.0 Å². The van der Waals surface area contributed by atoms with Gasteiger partial charge in [0, 0.05) is 13.1 Å². The Kier molecular flexibility index (Phi) is 5.57. The van der Waals surface area contributed by atoms with Crippen molar-refractivity contribution in [2.45, 2.75) is 25.4 Å². The molecule has 5 nitrogen and oxygen atoms in total. The standard InChI is InChI=1S/C22H21F3N4O/c23-22(24,25)18-8-4-5-9-20(18)29-15-19(26-27-29)21(30)28-12-10-17(11-13-28)14-16-6-2-1-3-7-16/h1-9,15,17H,10-14H2. The Balaban J connectivity index is 1.42. The van der Waals surface area contributed by atoms with Crippen LogP contribution in [0.5, 0.6) is 0 Å². The molecule has 1 aromatic heterocycles. The number of benzene rings is 2. The van der Waals surface area contributed by atoms with Crippen LogP contribution in [0.25, 0.3) is 5.69 Å². The SMILES string of the molecule is O=C(c1cn(-c2ccccc2C(F)(F)F)nn1)N1CCC(Cc2ccccc2)CC1. The summed E-state index contributed by atoms with van der Waals surface area (Å²) in [4.78, 5) is 14.5. The molecule has 0 atom stereocenters. The number of carbonyl (C=O) groups excluding carboxylic acids is 1. The van der Waals surface area contributed by atoms with Crippen molar-refractivity contribution < 1.29 is 18.0 Å². The first-order valence-corrected chi connectivity index (χ1v) is 9.84. The first kappa shape index (κ1) is 20.1. The van der Waals surface area contributed by atoms with E-state index in [1.54, 1.807) is 4.90 Å². The summed E-state index contributed by atoms with van der Waals surface area (Å²) in [6.45, 7) is 1.20. The molecular weight excluding hydrogens is 393 g/mol. The number of likely N-dealkylation sites (tertiary alicyclic amines) is 1. The van der Waals surface area contributed by atoms with Crippen LogP contribution in [-0.4, -0.2) is 38.9 Å². The van der Waals surface area contributed by atoms with E-state index >= 15 is 0 Å². The number of carbonyl (C=O) groups is 1. The van der Waals surface area contributed by atoms with Gasteiger partial charge in [-0.05, 0) is 42.9 Å². The second kappa shape index (κ2) is 8.30. The van der Waals surface area contributed by atoms with Crippen molar-refractivity contribution >= 4 is 5.91 Å². The molecule has 2 aromatic carbocycles. The molecule has 30 heavy (non-hydrogen) atoms. The van der Waals surface area contributed by atoms with Crippen molar-refractivity contribution in [2.75, 3.05) is 13.1 Å². The minimum atomic E-state index is -4.52. The third-order valence-electron chi connectivity index (χ3n) is 5.44. The zero-order valence-corrected chi connectivity index (χ0v) is 16.2. The normalized spacial score (nSPS) is 15.4. The summed E-state index contributed by atoms with van der Waals surface area (Å²) in [6.07, 6.45) is -0.513. The topological polar surface area (TPSA) is 51.0 Å². The van der Waals surface area contributed by atoms with Gasteiger partial charge in [-0.2, -0.15) is 13.2 Å². The van der Waals surface area contributed by atoms with Crippen LogP contribution in [0.1, 0.15) is 34.5 Å². The lowest BCUT2D eigenvalue weighted by Crippen LogP contribution is -2.39. The summed E-state index contributed by atoms with van der Waals surface area (Å²) < 4.78 is 40.8. The number of alkyl halides is 3. The largest absolute Gasteiger partial charge is 0.418 e. The quantitative estimate of drug-likeness (QED) is 0.637. The number of halogens is 3. The number of piperidine rings is 1. The summed E-state index contributed by atoms with van der Waals surface area (Å²) in [5.41, 5.74) is 0.357. The summed E-state index contributed by atoms with van der Waals surface area (Å²) in [5, 5.41) is 7.60. The van der Waals surface area contributed by atoms with Gasteiger partial charge in [-0.15, -0.1) is 5.10 Å². The van der Waals surface area contributed by atoms with Crippen LogP contribution < -0.4 is 0 Å². The highest BCUT2D eigenvalue weighted by Crippen LogP contribution is 2.33. The zero-order chi connectivity index (χ0) is 21.1. The van der Waals surface area contributed by atoms with E-state index < -0.39 is 11.7 Å². The van der Waals surface area contributed by atoms with Gasteiger partial charge in [0.2, 0.25) is 0 Å². The van der Waals surface area contributed by atoms with Crippen molar-refractivity contribution in [3.05, 3.63) is 77.6 Å². The maximum absolute atomic E-state index is 13.2. The number of para-hydroxylation sites is 1. The Bertz CT molecular complexity index is 1010. The molecule has 1 aliphatic heterocycles. The highest BCUT2D eigenvalue weighted by molar-refractivity contribution is 5.92. The van der Waals surface area contributed by atoms with Crippen LogP contribution in [0.15, 0.2) is 60.8 Å². The van der Waals surface area contributed by atoms with Crippen LogP contribution in [-0.2, 0) is 12.6 Å². The molecule has 0 radical (unpaired) electrons. The lowest BCUT2D eigenvalue weighted by atomic mass is 9.90. The van der Waals surface area contributed by atoms with E-state index in [9.17, 15) is 18.0 Å². The Morgan fingerprint density at radius 2 is 1.67 bits per heavy atom. The predicted octanol–water partition coefficient (Wildman–Crippen LogP) is 4.38. The van der Waals surface area contributed by atoms with Crippen molar-refractivity contribution in [2.24, 2.45) is 5.92 Å². The molecule has 156 valence electrons. The number of aromatic nitrogens is 3. The fraction of sp³-hybridized carbons (Fsp3) is 0.318. The molecule has 1 aliphatic rings. The fourth-order valence-electron chi connectivity index (χ4n) is 3.84. The van der Waals surface area contributed by atoms with Gasteiger partial charge in [0.05, 0.1) is 17.4 Å². The van der Waals surface area contributed by atoms with Gasteiger partial charge in [-0.1, -0.05) is 47.7 Å². The molecule has 0 bridgehead atoms. The van der Waals surface area contributed by atoms with Gasteiger partial charge in [0.25, 0.3) is 5.91 Å². The van der Waals surface area contributed by atoms with E-state index in [-0.39, 0.29) is 17.3 Å². The number of nitrogens with zero attached hydrogens (tertiary/aromatic N) is 4. The molecule has 8 heteroatoms. The molecule has 3 aromatic rings. The van der Waals surface area contributed by atoms with Crippen molar-refractivity contribution in [3.63, 3.8) is 0 Å². The maximum atomic E-state index is 13.2. The molecular formula is C22H21F3N4O. The van der Waals surface area contributed by atoms with E-state index in [4.69, 9.17) is 0 Å². The minimum Gasteiger partial charge on any atom is -0.337 e. The average molecular weight is 414 g/mol. The molecule has 0 N–H and O–H groups in total. The second-order valence-corrected chi connectivity index (χ2v) is 7.49. The molecule has 1 saturated heterocycles. The second-order valence-electron chi connectivity index (χ2n) is 7.49. The zero-order valence-electron chi connectivity index (χ0n) is 16.2. The van der Waals surface area contributed by atoms with E-state index in [0.717, 1.165) is 30.0 Å². The number of amides is 1. The first-order chi connectivity index (χ1) is 14.4. The highest BCUT2D eigenvalue weighted by Gasteiger charge is 2.34. The first-order valence-electron chi connectivity index (χ1n) is 9.84. The van der Waals surface area contributed by atoms with Crippen LogP contribution in [0.3, 0.4) is 0 Å². The number of rotatable bonds is 4. The van der Waals surface area contributed by atoms with Crippen LogP contribution >= 0.6 is 0 Å². The molecule has 2 heterocycles. The monoisotopic (exact) mass is 414 g/mol. The van der Waals surface area contributed by atoms with E-state index in [1.165, 1.54) is 30.0 Å².